The first-order valence-electron chi connectivity index (χ1n) is 12.4. The molecule has 1 aromatic carbocycles. The second-order valence-electron chi connectivity index (χ2n) is 10.6. The van der Waals surface area contributed by atoms with Crippen LogP contribution >= 0.6 is 0 Å². The molecule has 1 amide bonds. The number of fused-ring (bicyclic) bond motifs is 1. The van der Waals surface area contributed by atoms with Crippen molar-refractivity contribution in [1.82, 2.24) is 14.9 Å². The molecule has 12 heteroatoms. The Bertz CT molecular complexity index is 1080. The molecule has 0 spiro atoms. The van der Waals surface area contributed by atoms with Crippen LogP contribution in [-0.2, 0) is 32.5 Å². The van der Waals surface area contributed by atoms with Crippen molar-refractivity contribution < 1.29 is 31.1 Å². The average Bonchev–Trinajstić information content (AvgIpc) is 3.22. The van der Waals surface area contributed by atoms with Gasteiger partial charge in [0.2, 0.25) is 5.91 Å². The average molecular weight is 533 g/mol. The van der Waals surface area contributed by atoms with Gasteiger partial charge < -0.3 is 15.0 Å². The van der Waals surface area contributed by atoms with Crippen molar-refractivity contribution in [3.63, 3.8) is 0 Å². The van der Waals surface area contributed by atoms with Crippen molar-refractivity contribution in [3.05, 3.63) is 34.9 Å². The number of rotatable bonds is 6. The van der Waals surface area contributed by atoms with Crippen LogP contribution in [0.25, 0.3) is 0 Å². The summed E-state index contributed by atoms with van der Waals surface area (Å²) in [5, 5.41) is 8.89. The zero-order valence-corrected chi connectivity index (χ0v) is 21.4. The molecule has 0 bridgehead atoms. The molecule has 36 heavy (non-hydrogen) atoms. The number of carbonyl (C=O) groups is 1. The van der Waals surface area contributed by atoms with Gasteiger partial charge in [-0.15, -0.1) is 0 Å². The first kappa shape index (κ1) is 27.3. The van der Waals surface area contributed by atoms with Crippen LogP contribution in [0.4, 0.5) is 13.2 Å². The van der Waals surface area contributed by atoms with Gasteiger partial charge in [-0.2, -0.15) is 26.3 Å². The smallest absolute Gasteiger partial charge is 0.381 e. The van der Waals surface area contributed by atoms with Crippen LogP contribution in [0.2, 0.25) is 0 Å². The van der Waals surface area contributed by atoms with E-state index < -0.39 is 33.4 Å². The lowest BCUT2D eigenvalue weighted by Gasteiger charge is -2.42. The maximum atomic E-state index is 14.1. The fourth-order valence-electron chi connectivity index (χ4n) is 6.00. The Hall–Kier alpha value is -1.73. The van der Waals surface area contributed by atoms with Gasteiger partial charge in [-0.1, -0.05) is 19.9 Å². The molecule has 1 saturated heterocycles. The van der Waals surface area contributed by atoms with Crippen LogP contribution in [0.15, 0.2) is 18.2 Å². The molecular weight excluding hydrogens is 497 g/mol. The van der Waals surface area contributed by atoms with Gasteiger partial charge in [-0.3, -0.25) is 4.79 Å². The molecule has 1 aliphatic carbocycles. The van der Waals surface area contributed by atoms with Crippen molar-refractivity contribution in [3.8, 4) is 0 Å². The zero-order chi connectivity index (χ0) is 26.3. The highest BCUT2D eigenvalue weighted by Crippen LogP contribution is 2.47. The number of amides is 1. The molecule has 1 saturated carbocycles. The van der Waals surface area contributed by atoms with Gasteiger partial charge in [0.1, 0.15) is 0 Å². The summed E-state index contributed by atoms with van der Waals surface area (Å²) in [4.78, 5) is 15.6. The predicted molar refractivity (Wildman–Crippen MR) is 128 cm³/mol. The van der Waals surface area contributed by atoms with Crippen molar-refractivity contribution in [2.24, 2.45) is 16.5 Å². The molecule has 4 rings (SSSR count). The summed E-state index contributed by atoms with van der Waals surface area (Å²) < 4.78 is 71.6. The van der Waals surface area contributed by atoms with E-state index in [2.05, 4.69) is 10.0 Å². The van der Waals surface area contributed by atoms with Crippen LogP contribution in [0.5, 0.6) is 0 Å². The van der Waals surface area contributed by atoms with Gasteiger partial charge in [-0.25, -0.2) is 5.14 Å². The second kappa shape index (κ2) is 10.2. The van der Waals surface area contributed by atoms with Crippen LogP contribution in [-0.4, -0.2) is 51.1 Å². The van der Waals surface area contributed by atoms with E-state index in [1.165, 1.54) is 11.0 Å². The third-order valence-corrected chi connectivity index (χ3v) is 8.59. The number of halogens is 3. The minimum Gasteiger partial charge on any atom is -0.381 e. The van der Waals surface area contributed by atoms with Gasteiger partial charge in [0.25, 0.3) is 10.2 Å². The molecule has 0 radical (unpaired) electrons. The number of hydrogen-bond acceptors (Lipinski definition) is 5. The Morgan fingerprint density at radius 3 is 2.50 bits per heavy atom. The zero-order valence-electron chi connectivity index (χ0n) is 20.6. The van der Waals surface area contributed by atoms with Gasteiger partial charge in [0, 0.05) is 38.4 Å². The third kappa shape index (κ3) is 5.88. The Labute approximate surface area is 210 Å². The minimum absolute atomic E-state index is 0.000156. The third-order valence-electron chi connectivity index (χ3n) is 7.98. The molecule has 0 aromatic heterocycles. The van der Waals surface area contributed by atoms with E-state index in [1.807, 2.05) is 13.8 Å². The first-order chi connectivity index (χ1) is 16.8. The van der Waals surface area contributed by atoms with E-state index in [0.717, 1.165) is 31.4 Å². The molecule has 2 heterocycles. The molecule has 3 aliphatic rings. The molecule has 1 unspecified atom stereocenters. The maximum Gasteiger partial charge on any atom is 0.416 e. The summed E-state index contributed by atoms with van der Waals surface area (Å²) in [6.45, 7) is 5.39. The molecule has 3 atom stereocenters. The van der Waals surface area contributed by atoms with Crippen molar-refractivity contribution in [2.75, 3.05) is 19.8 Å². The number of hydrogen-bond donors (Lipinski definition) is 3. The summed E-state index contributed by atoms with van der Waals surface area (Å²) in [5.74, 6) is -0.155. The topological polar surface area (TPSA) is 114 Å². The fourth-order valence-corrected chi connectivity index (χ4v) is 6.60. The molecular formula is C24H35F3N4O4S. The largest absolute Gasteiger partial charge is 0.416 e. The van der Waals surface area contributed by atoms with Crippen molar-refractivity contribution >= 4 is 16.1 Å². The number of carbonyl (C=O) groups excluding carboxylic acids is 1. The summed E-state index contributed by atoms with van der Waals surface area (Å²) in [6, 6.07) is 2.76. The van der Waals surface area contributed by atoms with E-state index in [0.29, 0.717) is 37.7 Å². The number of nitrogens with one attached hydrogen (secondary N) is 2. The first-order valence-corrected chi connectivity index (χ1v) is 14.0. The highest BCUT2D eigenvalue weighted by molar-refractivity contribution is 7.87. The van der Waals surface area contributed by atoms with Crippen molar-refractivity contribution in [1.29, 1.82) is 0 Å². The lowest BCUT2D eigenvalue weighted by Crippen LogP contribution is -2.52. The van der Waals surface area contributed by atoms with E-state index in [9.17, 15) is 26.4 Å². The quantitative estimate of drug-likeness (QED) is 0.522. The number of nitrogens with two attached hydrogens (primary N) is 1. The number of ether oxygens (including phenoxy) is 1. The normalized spacial score (nSPS) is 27.9. The standard InChI is InChI=1S/C24H35F3N4O4S/c1-15(2)23(8-5-19(12-23)29-18-6-9-35-10-7-18)22(32)31-13-16-11-17(24(25,26)27)3-4-20(16)21(14-31)30-36(28,33)34/h3-4,11,15,18-19,21,29-30H,5-10,12-14H2,1-2H3,(H2,28,33,34)/t19-,21?,23+/m1/s1. The van der Waals surface area contributed by atoms with Crippen LogP contribution in [0.1, 0.15) is 68.7 Å². The SMILES string of the molecule is CC(C)[C@]1(C(=O)N2Cc3cc(C(F)(F)F)ccc3C(NS(N)(=O)=O)C2)CC[C@@H](NC2CCOCC2)C1. The Morgan fingerprint density at radius 2 is 1.89 bits per heavy atom. The molecule has 8 nitrogen and oxygen atoms in total. The van der Waals surface area contributed by atoms with E-state index in [4.69, 9.17) is 9.88 Å². The Morgan fingerprint density at radius 1 is 1.19 bits per heavy atom. The van der Waals surface area contributed by atoms with Gasteiger partial charge >= 0.3 is 6.18 Å². The fraction of sp³-hybridized carbons (Fsp3) is 0.708. The lowest BCUT2D eigenvalue weighted by atomic mass is 9.73. The van der Waals surface area contributed by atoms with E-state index >= 15 is 0 Å². The Kier molecular flexibility index (Phi) is 7.74. The number of alkyl halides is 3. The molecule has 1 aromatic rings. The predicted octanol–water partition coefficient (Wildman–Crippen LogP) is 2.85. The maximum absolute atomic E-state index is 14.1. The number of benzene rings is 1. The minimum atomic E-state index is -4.56. The summed E-state index contributed by atoms with van der Waals surface area (Å²) in [5.41, 5.74) is -0.872. The van der Waals surface area contributed by atoms with Crippen LogP contribution in [0.3, 0.4) is 0 Å². The molecule has 2 aliphatic heterocycles. The molecule has 2 fully saturated rings. The molecule has 4 N–H and O–H groups in total. The highest BCUT2D eigenvalue weighted by atomic mass is 32.2. The monoisotopic (exact) mass is 532 g/mol. The van der Waals surface area contributed by atoms with Crippen LogP contribution in [0, 0.1) is 11.3 Å². The van der Waals surface area contributed by atoms with Crippen LogP contribution < -0.4 is 15.2 Å². The highest BCUT2D eigenvalue weighted by Gasteiger charge is 2.50. The molecule has 202 valence electrons. The lowest BCUT2D eigenvalue weighted by molar-refractivity contribution is -0.146. The van der Waals surface area contributed by atoms with Gasteiger partial charge in [0.05, 0.1) is 17.0 Å². The summed E-state index contributed by atoms with van der Waals surface area (Å²) in [7, 11) is -4.16. The van der Waals surface area contributed by atoms with E-state index in [-0.39, 0.29) is 36.5 Å². The van der Waals surface area contributed by atoms with Gasteiger partial charge in [-0.05, 0) is 61.3 Å². The van der Waals surface area contributed by atoms with Crippen molar-refractivity contribution in [2.45, 2.75) is 76.8 Å². The van der Waals surface area contributed by atoms with E-state index in [1.54, 1.807) is 0 Å². The summed E-state index contributed by atoms with van der Waals surface area (Å²) in [6.07, 6.45) is -0.612. The van der Waals surface area contributed by atoms with Gasteiger partial charge in [0.15, 0.2) is 0 Å². The summed E-state index contributed by atoms with van der Waals surface area (Å²) >= 11 is 0. The number of nitrogens with zero attached hydrogens (tertiary/aromatic N) is 1. The Balaban J connectivity index is 1.60. The second-order valence-corrected chi connectivity index (χ2v) is 11.9.